The molecule has 0 aliphatic heterocycles. The van der Waals surface area contributed by atoms with Gasteiger partial charge in [-0.25, -0.2) is 0 Å². The summed E-state index contributed by atoms with van der Waals surface area (Å²) < 4.78 is 4.73. The molecule has 0 rings (SSSR count). The molecule has 0 saturated heterocycles. The van der Waals surface area contributed by atoms with Gasteiger partial charge >= 0.3 is 0 Å². The topological polar surface area (TPSA) is 52.3 Å². The van der Waals surface area contributed by atoms with Gasteiger partial charge in [-0.3, -0.25) is 10.5 Å². The average molecular weight is 154 g/mol. The molecule has 1 unspecified atom stereocenters. The van der Waals surface area contributed by atoms with Crippen LogP contribution in [0.5, 0.6) is 0 Å². The van der Waals surface area contributed by atoms with E-state index >= 15 is 0 Å². The second kappa shape index (κ2) is 6.01. The molecule has 0 radical (unpaired) electrons. The standard InChI is InChI=1S/C5H11NO2.ClH/c1-3-8-5(6)4(2)7;/h5H,3,6H2,1-2H3;1H. The van der Waals surface area contributed by atoms with E-state index in [1.807, 2.05) is 0 Å². The lowest BCUT2D eigenvalue weighted by Gasteiger charge is -2.04. The van der Waals surface area contributed by atoms with Crippen LogP contribution < -0.4 is 5.73 Å². The fraction of sp³-hybridized carbons (Fsp3) is 0.800. The summed E-state index contributed by atoms with van der Waals surface area (Å²) in [6.45, 7) is 3.68. The van der Waals surface area contributed by atoms with Crippen LogP contribution in [-0.2, 0) is 9.53 Å². The third kappa shape index (κ3) is 5.76. The lowest BCUT2D eigenvalue weighted by molar-refractivity contribution is -0.127. The lowest BCUT2D eigenvalue weighted by atomic mass is 10.4. The normalized spacial score (nSPS) is 11.9. The lowest BCUT2D eigenvalue weighted by Crippen LogP contribution is -2.31. The van der Waals surface area contributed by atoms with Crippen molar-refractivity contribution in [2.24, 2.45) is 5.73 Å². The number of nitrogens with two attached hydrogens (primary N) is 1. The van der Waals surface area contributed by atoms with Crippen LogP contribution in [0.1, 0.15) is 13.8 Å². The van der Waals surface area contributed by atoms with E-state index in [1.165, 1.54) is 6.92 Å². The number of ether oxygens (including phenoxy) is 1. The molecule has 0 amide bonds. The third-order valence-electron chi connectivity index (χ3n) is 0.747. The smallest absolute Gasteiger partial charge is 0.173 e. The summed E-state index contributed by atoms with van der Waals surface area (Å²) in [5, 5.41) is 0. The van der Waals surface area contributed by atoms with Gasteiger partial charge < -0.3 is 4.74 Å². The van der Waals surface area contributed by atoms with Gasteiger partial charge in [-0.15, -0.1) is 12.4 Å². The Hall–Kier alpha value is -0.120. The second-order valence-corrected chi connectivity index (χ2v) is 1.49. The van der Waals surface area contributed by atoms with Crippen molar-refractivity contribution in [3.05, 3.63) is 0 Å². The molecule has 0 aromatic rings. The van der Waals surface area contributed by atoms with E-state index in [0.29, 0.717) is 6.61 Å². The van der Waals surface area contributed by atoms with E-state index in [2.05, 4.69) is 0 Å². The summed E-state index contributed by atoms with van der Waals surface area (Å²) in [7, 11) is 0. The first-order valence-corrected chi connectivity index (χ1v) is 2.56. The molecular formula is C5H12ClNO2. The summed E-state index contributed by atoms with van der Waals surface area (Å²) in [6, 6.07) is 0. The van der Waals surface area contributed by atoms with Crippen LogP contribution >= 0.6 is 12.4 Å². The largest absolute Gasteiger partial charge is 0.356 e. The highest BCUT2D eigenvalue weighted by Gasteiger charge is 2.04. The number of carbonyl (C=O) groups excluding carboxylic acids is 1. The zero-order valence-corrected chi connectivity index (χ0v) is 6.40. The minimum Gasteiger partial charge on any atom is -0.356 e. The highest BCUT2D eigenvalue weighted by atomic mass is 35.5. The van der Waals surface area contributed by atoms with E-state index in [1.54, 1.807) is 6.92 Å². The Bertz CT molecular complexity index is 87.0. The van der Waals surface area contributed by atoms with Crippen molar-refractivity contribution < 1.29 is 9.53 Å². The van der Waals surface area contributed by atoms with E-state index in [0.717, 1.165) is 0 Å². The minimum atomic E-state index is -0.722. The summed E-state index contributed by atoms with van der Waals surface area (Å²) in [6.07, 6.45) is -0.722. The van der Waals surface area contributed by atoms with Crippen molar-refractivity contribution in [2.75, 3.05) is 6.61 Å². The Morgan fingerprint density at radius 3 is 2.33 bits per heavy atom. The molecule has 9 heavy (non-hydrogen) atoms. The maximum Gasteiger partial charge on any atom is 0.173 e. The Morgan fingerprint density at radius 1 is 1.78 bits per heavy atom. The monoisotopic (exact) mass is 153 g/mol. The first kappa shape index (κ1) is 11.6. The van der Waals surface area contributed by atoms with Gasteiger partial charge in [0, 0.05) is 6.61 Å². The molecule has 0 fully saturated rings. The number of carbonyl (C=O) groups is 1. The fourth-order valence-corrected chi connectivity index (χ4v) is 0.297. The van der Waals surface area contributed by atoms with E-state index in [-0.39, 0.29) is 18.2 Å². The summed E-state index contributed by atoms with van der Waals surface area (Å²) in [4.78, 5) is 10.3. The van der Waals surface area contributed by atoms with Crippen molar-refractivity contribution in [3.63, 3.8) is 0 Å². The number of ketones is 1. The SMILES string of the molecule is CCOC(N)C(C)=O.Cl. The molecule has 0 aromatic carbocycles. The molecule has 0 heterocycles. The van der Waals surface area contributed by atoms with Crippen LogP contribution in [0.2, 0.25) is 0 Å². The Labute approximate surface area is 61.0 Å². The number of Topliss-reactive ketones (excluding diaryl/α,β-unsaturated/α-hetero) is 1. The maximum absolute atomic E-state index is 10.3. The van der Waals surface area contributed by atoms with E-state index in [9.17, 15) is 4.79 Å². The van der Waals surface area contributed by atoms with E-state index in [4.69, 9.17) is 10.5 Å². The quantitative estimate of drug-likeness (QED) is 0.595. The molecule has 0 aliphatic rings. The highest BCUT2D eigenvalue weighted by molar-refractivity contribution is 5.85. The van der Waals surface area contributed by atoms with Crippen LogP contribution in [0, 0.1) is 0 Å². The zero-order valence-electron chi connectivity index (χ0n) is 5.59. The predicted octanol–water partition coefficient (Wildman–Crippen LogP) is 0.318. The van der Waals surface area contributed by atoms with Crippen molar-refractivity contribution in [2.45, 2.75) is 20.1 Å². The van der Waals surface area contributed by atoms with Crippen LogP contribution in [0.25, 0.3) is 0 Å². The van der Waals surface area contributed by atoms with Gasteiger partial charge in [-0.05, 0) is 13.8 Å². The molecule has 0 saturated carbocycles. The number of rotatable bonds is 3. The molecule has 4 heteroatoms. The molecule has 3 nitrogen and oxygen atoms in total. The predicted molar refractivity (Wildman–Crippen MR) is 37.5 cm³/mol. The van der Waals surface area contributed by atoms with Gasteiger partial charge in [0.25, 0.3) is 0 Å². The Kier molecular flexibility index (Phi) is 7.77. The van der Waals surface area contributed by atoms with Crippen LogP contribution in [0.3, 0.4) is 0 Å². The van der Waals surface area contributed by atoms with Gasteiger partial charge in [0.2, 0.25) is 0 Å². The first-order chi connectivity index (χ1) is 3.68. The fourth-order valence-electron chi connectivity index (χ4n) is 0.297. The summed E-state index contributed by atoms with van der Waals surface area (Å²) >= 11 is 0. The summed E-state index contributed by atoms with van der Waals surface area (Å²) in [5.74, 6) is -0.133. The highest BCUT2D eigenvalue weighted by Crippen LogP contribution is 1.81. The molecule has 1 atom stereocenters. The minimum absolute atomic E-state index is 0. The van der Waals surface area contributed by atoms with Gasteiger partial charge in [0.15, 0.2) is 12.0 Å². The second-order valence-electron chi connectivity index (χ2n) is 1.49. The molecule has 0 aliphatic carbocycles. The number of hydrogen-bond acceptors (Lipinski definition) is 3. The van der Waals surface area contributed by atoms with Gasteiger partial charge in [-0.2, -0.15) is 0 Å². The number of hydrogen-bond donors (Lipinski definition) is 1. The van der Waals surface area contributed by atoms with Crippen molar-refractivity contribution in [3.8, 4) is 0 Å². The molecule has 0 bridgehead atoms. The van der Waals surface area contributed by atoms with Crippen LogP contribution in [0.4, 0.5) is 0 Å². The third-order valence-corrected chi connectivity index (χ3v) is 0.747. The van der Waals surface area contributed by atoms with Gasteiger partial charge in [0.1, 0.15) is 0 Å². The maximum atomic E-state index is 10.3. The Balaban J connectivity index is 0. The van der Waals surface area contributed by atoms with E-state index < -0.39 is 6.23 Å². The molecule has 56 valence electrons. The molecule has 0 aromatic heterocycles. The van der Waals surface area contributed by atoms with Gasteiger partial charge in [0.05, 0.1) is 0 Å². The Morgan fingerprint density at radius 2 is 2.22 bits per heavy atom. The van der Waals surface area contributed by atoms with Crippen molar-refractivity contribution in [1.29, 1.82) is 0 Å². The molecule has 0 spiro atoms. The summed E-state index contributed by atoms with van der Waals surface area (Å²) in [5.41, 5.74) is 5.16. The zero-order chi connectivity index (χ0) is 6.57. The van der Waals surface area contributed by atoms with Crippen molar-refractivity contribution >= 4 is 18.2 Å². The first-order valence-electron chi connectivity index (χ1n) is 2.56. The number of halogens is 1. The molecule has 2 N–H and O–H groups in total. The molecular weight excluding hydrogens is 142 g/mol. The van der Waals surface area contributed by atoms with Crippen molar-refractivity contribution in [1.82, 2.24) is 0 Å². The van der Waals surface area contributed by atoms with Crippen LogP contribution in [-0.4, -0.2) is 18.6 Å². The average Bonchev–Trinajstić information content (AvgIpc) is 1.67. The van der Waals surface area contributed by atoms with Gasteiger partial charge in [-0.1, -0.05) is 0 Å². The van der Waals surface area contributed by atoms with Crippen LogP contribution in [0.15, 0.2) is 0 Å².